The number of benzene rings is 2. The summed E-state index contributed by atoms with van der Waals surface area (Å²) in [6, 6.07) is 14.1. The molecule has 0 fully saturated rings. The van der Waals surface area contributed by atoms with Gasteiger partial charge in [-0.25, -0.2) is 4.39 Å². The molecule has 0 aliphatic rings. The zero-order valence-corrected chi connectivity index (χ0v) is 10.1. The maximum absolute atomic E-state index is 13.8. The molecule has 4 heteroatoms. The van der Waals surface area contributed by atoms with E-state index in [0.717, 1.165) is 16.6 Å². The third-order valence-electron chi connectivity index (χ3n) is 2.91. The molecule has 0 aliphatic heterocycles. The van der Waals surface area contributed by atoms with Gasteiger partial charge in [-0.3, -0.25) is 4.98 Å². The van der Waals surface area contributed by atoms with Crippen LogP contribution in [0.15, 0.2) is 54.7 Å². The molecule has 0 amide bonds. The molecule has 0 atom stereocenters. The van der Waals surface area contributed by atoms with Gasteiger partial charge in [0.25, 0.3) is 0 Å². The smallest absolute Gasteiger partial charge is 0.148 e. The number of nitrogens with two attached hydrogens (primary N) is 1. The fraction of sp³-hybridized carbons (Fsp3) is 0. The number of nitrogens with zero attached hydrogens (tertiary/aromatic N) is 1. The summed E-state index contributed by atoms with van der Waals surface area (Å²) in [6.45, 7) is 0. The Hall–Kier alpha value is -2.62. The van der Waals surface area contributed by atoms with Crippen molar-refractivity contribution in [2.24, 2.45) is 0 Å². The van der Waals surface area contributed by atoms with Gasteiger partial charge in [0.15, 0.2) is 0 Å². The minimum absolute atomic E-state index is 0.374. The van der Waals surface area contributed by atoms with Crippen molar-refractivity contribution in [3.05, 3.63) is 60.5 Å². The first-order valence-corrected chi connectivity index (χ1v) is 5.90. The maximum atomic E-state index is 13.8. The fourth-order valence-corrected chi connectivity index (χ4v) is 1.99. The molecule has 0 spiro atoms. The predicted octanol–water partition coefficient (Wildman–Crippen LogP) is 3.70. The van der Waals surface area contributed by atoms with Gasteiger partial charge in [-0.15, -0.1) is 0 Å². The molecular formula is C15H12FN3. The molecule has 0 saturated heterocycles. The number of fused-ring (bicyclic) bond motifs is 1. The third kappa shape index (κ3) is 2.20. The van der Waals surface area contributed by atoms with Gasteiger partial charge in [0.05, 0.1) is 11.2 Å². The van der Waals surface area contributed by atoms with Crippen LogP contribution in [0.25, 0.3) is 10.9 Å². The monoisotopic (exact) mass is 253 g/mol. The van der Waals surface area contributed by atoms with Gasteiger partial charge in [-0.2, -0.15) is 0 Å². The molecule has 1 aromatic heterocycles. The zero-order valence-electron chi connectivity index (χ0n) is 10.1. The Labute approximate surface area is 109 Å². The van der Waals surface area contributed by atoms with Crippen LogP contribution in [-0.2, 0) is 0 Å². The maximum Gasteiger partial charge on any atom is 0.148 e. The Morgan fingerprint density at radius 1 is 1.00 bits per heavy atom. The SMILES string of the molecule is Nc1ccc(Nc2cccc3ncccc23)c(F)c1. The van der Waals surface area contributed by atoms with Gasteiger partial charge in [-0.1, -0.05) is 6.07 Å². The Balaban J connectivity index is 2.06. The number of hydrogen-bond donors (Lipinski definition) is 2. The van der Waals surface area contributed by atoms with Crippen molar-refractivity contribution in [3.8, 4) is 0 Å². The van der Waals surface area contributed by atoms with Crippen LogP contribution in [0.1, 0.15) is 0 Å². The van der Waals surface area contributed by atoms with E-state index in [2.05, 4.69) is 10.3 Å². The number of hydrogen-bond acceptors (Lipinski definition) is 3. The van der Waals surface area contributed by atoms with E-state index >= 15 is 0 Å². The van der Waals surface area contributed by atoms with Crippen molar-refractivity contribution in [3.63, 3.8) is 0 Å². The van der Waals surface area contributed by atoms with Crippen molar-refractivity contribution >= 4 is 28.0 Å². The molecule has 3 rings (SSSR count). The first-order valence-electron chi connectivity index (χ1n) is 5.90. The predicted molar refractivity (Wildman–Crippen MR) is 75.8 cm³/mol. The number of nitrogen functional groups attached to an aromatic ring is 1. The molecule has 0 radical (unpaired) electrons. The summed E-state index contributed by atoms with van der Waals surface area (Å²) in [4.78, 5) is 4.27. The molecule has 0 unspecified atom stereocenters. The average molecular weight is 253 g/mol. The number of aromatic nitrogens is 1. The van der Waals surface area contributed by atoms with Crippen LogP contribution >= 0.6 is 0 Å². The molecule has 3 aromatic rings. The first-order chi connectivity index (χ1) is 9.24. The molecular weight excluding hydrogens is 241 g/mol. The van der Waals surface area contributed by atoms with E-state index in [4.69, 9.17) is 5.73 Å². The summed E-state index contributed by atoms with van der Waals surface area (Å²) in [5.41, 5.74) is 8.01. The van der Waals surface area contributed by atoms with Crippen LogP contribution in [0.4, 0.5) is 21.5 Å². The second-order valence-corrected chi connectivity index (χ2v) is 4.24. The Bertz CT molecular complexity index is 735. The largest absolute Gasteiger partial charge is 0.399 e. The van der Waals surface area contributed by atoms with Crippen LogP contribution in [0.3, 0.4) is 0 Å². The molecule has 2 aromatic carbocycles. The van der Waals surface area contributed by atoms with E-state index in [1.807, 2.05) is 30.3 Å². The van der Waals surface area contributed by atoms with Gasteiger partial charge in [0.2, 0.25) is 0 Å². The van der Waals surface area contributed by atoms with E-state index in [9.17, 15) is 4.39 Å². The fourth-order valence-electron chi connectivity index (χ4n) is 1.99. The van der Waals surface area contributed by atoms with E-state index < -0.39 is 0 Å². The number of anilines is 3. The lowest BCUT2D eigenvalue weighted by Crippen LogP contribution is -1.96. The Morgan fingerprint density at radius 3 is 2.74 bits per heavy atom. The normalized spacial score (nSPS) is 10.6. The molecule has 0 aliphatic carbocycles. The molecule has 3 N–H and O–H groups in total. The topological polar surface area (TPSA) is 50.9 Å². The Kier molecular flexibility index (Phi) is 2.76. The van der Waals surface area contributed by atoms with Crippen molar-refractivity contribution in [2.75, 3.05) is 11.1 Å². The summed E-state index contributed by atoms with van der Waals surface area (Å²) >= 11 is 0. The highest BCUT2D eigenvalue weighted by atomic mass is 19.1. The van der Waals surface area contributed by atoms with Gasteiger partial charge >= 0.3 is 0 Å². The highest BCUT2D eigenvalue weighted by molar-refractivity contribution is 5.93. The van der Waals surface area contributed by atoms with E-state index in [0.29, 0.717) is 11.4 Å². The quantitative estimate of drug-likeness (QED) is 0.685. The van der Waals surface area contributed by atoms with Crippen molar-refractivity contribution < 1.29 is 4.39 Å². The molecule has 1 heterocycles. The number of pyridine rings is 1. The highest BCUT2D eigenvalue weighted by Gasteiger charge is 2.05. The van der Waals surface area contributed by atoms with Crippen molar-refractivity contribution in [1.29, 1.82) is 0 Å². The zero-order chi connectivity index (χ0) is 13.2. The minimum atomic E-state index is -0.374. The highest BCUT2D eigenvalue weighted by Crippen LogP contribution is 2.27. The molecule has 3 nitrogen and oxygen atoms in total. The standard InChI is InChI=1S/C15H12FN3/c16-12-9-10(17)6-7-15(12)19-14-5-1-4-13-11(14)3-2-8-18-13/h1-9,19H,17H2. The molecule has 0 saturated carbocycles. The van der Waals surface area contributed by atoms with E-state index in [-0.39, 0.29) is 5.82 Å². The summed E-state index contributed by atoms with van der Waals surface area (Å²) < 4.78 is 13.8. The van der Waals surface area contributed by atoms with Crippen molar-refractivity contribution in [1.82, 2.24) is 4.98 Å². The second kappa shape index (κ2) is 4.57. The summed E-state index contributed by atoms with van der Waals surface area (Å²) in [5, 5.41) is 4.02. The number of nitrogens with one attached hydrogen (secondary N) is 1. The van der Waals surface area contributed by atoms with Crippen molar-refractivity contribution in [2.45, 2.75) is 0 Å². The van der Waals surface area contributed by atoms with Crippen LogP contribution in [0.2, 0.25) is 0 Å². The summed E-state index contributed by atoms with van der Waals surface area (Å²) in [5.74, 6) is -0.374. The lowest BCUT2D eigenvalue weighted by Gasteiger charge is -2.10. The van der Waals surface area contributed by atoms with Crippen LogP contribution in [0.5, 0.6) is 0 Å². The van der Waals surface area contributed by atoms with Crippen LogP contribution < -0.4 is 11.1 Å². The first kappa shape index (κ1) is 11.5. The van der Waals surface area contributed by atoms with E-state index in [1.165, 1.54) is 6.07 Å². The summed E-state index contributed by atoms with van der Waals surface area (Å²) in [6.07, 6.45) is 1.73. The van der Waals surface area contributed by atoms with Gasteiger partial charge < -0.3 is 11.1 Å². The average Bonchev–Trinajstić information content (AvgIpc) is 2.42. The summed E-state index contributed by atoms with van der Waals surface area (Å²) in [7, 11) is 0. The number of rotatable bonds is 2. The van der Waals surface area contributed by atoms with Gasteiger partial charge in [-0.05, 0) is 42.5 Å². The van der Waals surface area contributed by atoms with Crippen LogP contribution in [0, 0.1) is 5.82 Å². The van der Waals surface area contributed by atoms with Crippen LogP contribution in [-0.4, -0.2) is 4.98 Å². The molecule has 94 valence electrons. The molecule has 0 bridgehead atoms. The lowest BCUT2D eigenvalue weighted by atomic mass is 10.1. The number of halogens is 1. The van der Waals surface area contributed by atoms with Gasteiger partial charge in [0, 0.05) is 23.0 Å². The Morgan fingerprint density at radius 2 is 1.89 bits per heavy atom. The van der Waals surface area contributed by atoms with Gasteiger partial charge in [0.1, 0.15) is 5.82 Å². The molecule has 19 heavy (non-hydrogen) atoms. The van der Waals surface area contributed by atoms with E-state index in [1.54, 1.807) is 18.3 Å². The lowest BCUT2D eigenvalue weighted by molar-refractivity contribution is 0.632. The third-order valence-corrected chi connectivity index (χ3v) is 2.91. The second-order valence-electron chi connectivity index (χ2n) is 4.24. The minimum Gasteiger partial charge on any atom is -0.399 e.